The molecule has 1 aromatic carbocycles. The smallest absolute Gasteiger partial charge is 0.178 e. The number of nitrogens with zero attached hydrogens (tertiary/aromatic N) is 3. The van der Waals surface area contributed by atoms with E-state index in [9.17, 15) is 0 Å². The van der Waals surface area contributed by atoms with Crippen LogP contribution in [-0.2, 0) is 13.6 Å². The number of benzene rings is 1. The van der Waals surface area contributed by atoms with Crippen LogP contribution in [-0.4, -0.2) is 19.3 Å². The fourth-order valence-corrected chi connectivity index (χ4v) is 2.46. The van der Waals surface area contributed by atoms with Crippen molar-refractivity contribution in [3.8, 4) is 0 Å². The first kappa shape index (κ1) is 11.2. The summed E-state index contributed by atoms with van der Waals surface area (Å²) in [5.74, 6) is 0. The topological polar surface area (TPSA) is 38.5 Å². The second kappa shape index (κ2) is 4.10. The summed E-state index contributed by atoms with van der Waals surface area (Å²) >= 11 is 5.39. The van der Waals surface area contributed by atoms with Gasteiger partial charge in [0.25, 0.3) is 0 Å². The van der Waals surface area contributed by atoms with Crippen molar-refractivity contribution >= 4 is 23.3 Å². The lowest BCUT2D eigenvalue weighted by Crippen LogP contribution is -2.01. The van der Waals surface area contributed by atoms with E-state index in [1.807, 2.05) is 19.3 Å². The van der Waals surface area contributed by atoms with Gasteiger partial charge < -0.3 is 9.55 Å². The van der Waals surface area contributed by atoms with Gasteiger partial charge in [-0.2, -0.15) is 5.10 Å². The van der Waals surface area contributed by atoms with E-state index in [-0.39, 0.29) is 0 Å². The third kappa shape index (κ3) is 1.76. The lowest BCUT2D eigenvalue weighted by molar-refractivity contribution is 0.710. The molecule has 0 unspecified atom stereocenters. The van der Waals surface area contributed by atoms with E-state index in [4.69, 9.17) is 12.2 Å². The fourth-order valence-electron chi connectivity index (χ4n) is 2.19. The number of hydrogen-bond donors (Lipinski definition) is 1. The van der Waals surface area contributed by atoms with E-state index in [1.54, 1.807) is 4.68 Å². The number of imidazole rings is 1. The molecule has 3 rings (SSSR count). The molecule has 0 spiro atoms. The molecule has 5 heteroatoms. The highest BCUT2D eigenvalue weighted by atomic mass is 32.1. The van der Waals surface area contributed by atoms with Crippen molar-refractivity contribution in [1.29, 1.82) is 0 Å². The van der Waals surface area contributed by atoms with Gasteiger partial charge >= 0.3 is 0 Å². The minimum absolute atomic E-state index is 0.698. The van der Waals surface area contributed by atoms with Crippen LogP contribution in [0.3, 0.4) is 0 Å². The number of nitrogens with one attached hydrogen (secondary N) is 1. The number of rotatable bonds is 2. The summed E-state index contributed by atoms with van der Waals surface area (Å²) in [4.78, 5) is 3.27. The Morgan fingerprint density at radius 1 is 1.33 bits per heavy atom. The fraction of sp³-hybridized carbons (Fsp3) is 0.231. The van der Waals surface area contributed by atoms with Crippen LogP contribution in [0.4, 0.5) is 0 Å². The molecule has 0 atom stereocenters. The minimum atomic E-state index is 0.698. The highest BCUT2D eigenvalue weighted by Gasteiger charge is 2.07. The average molecular weight is 258 g/mol. The summed E-state index contributed by atoms with van der Waals surface area (Å²) in [5.41, 5.74) is 4.46. The maximum atomic E-state index is 5.39. The molecule has 0 saturated heterocycles. The van der Waals surface area contributed by atoms with Crippen LogP contribution in [0, 0.1) is 11.7 Å². The Morgan fingerprint density at radius 3 is 2.89 bits per heavy atom. The second-order valence-corrected chi connectivity index (χ2v) is 4.85. The molecule has 0 aliphatic rings. The number of aromatic nitrogens is 4. The first-order valence-electron chi connectivity index (χ1n) is 5.82. The van der Waals surface area contributed by atoms with Crippen LogP contribution in [0.5, 0.6) is 0 Å². The number of aryl methyl sites for hydroxylation is 2. The Hall–Kier alpha value is -1.88. The molecule has 0 amide bonds. The van der Waals surface area contributed by atoms with Gasteiger partial charge in [0.2, 0.25) is 0 Å². The maximum Gasteiger partial charge on any atom is 0.178 e. The Morgan fingerprint density at radius 2 is 2.17 bits per heavy atom. The molecule has 0 aliphatic heterocycles. The summed E-state index contributed by atoms with van der Waals surface area (Å²) < 4.78 is 4.63. The zero-order valence-electron chi connectivity index (χ0n) is 10.3. The number of H-pyrrole nitrogens is 1. The van der Waals surface area contributed by atoms with Crippen molar-refractivity contribution in [3.05, 3.63) is 46.5 Å². The van der Waals surface area contributed by atoms with Crippen LogP contribution in [0.2, 0.25) is 0 Å². The SMILES string of the molecule is Cc1cccc2c1[nH]c(=S)n2Cc1ccn(C)n1. The van der Waals surface area contributed by atoms with E-state index in [2.05, 4.69) is 39.8 Å². The molecule has 3 aromatic rings. The van der Waals surface area contributed by atoms with Gasteiger partial charge in [-0.15, -0.1) is 0 Å². The first-order chi connectivity index (χ1) is 8.65. The third-order valence-corrected chi connectivity index (χ3v) is 3.43. The van der Waals surface area contributed by atoms with Crippen molar-refractivity contribution in [2.45, 2.75) is 13.5 Å². The maximum absolute atomic E-state index is 5.39. The van der Waals surface area contributed by atoms with Crippen LogP contribution < -0.4 is 0 Å². The predicted octanol–water partition coefficient (Wildman–Crippen LogP) is 2.79. The van der Waals surface area contributed by atoms with Crippen molar-refractivity contribution in [2.24, 2.45) is 7.05 Å². The number of fused-ring (bicyclic) bond motifs is 1. The molecular formula is C13H14N4S. The lowest BCUT2D eigenvalue weighted by Gasteiger charge is -2.02. The molecule has 0 aliphatic carbocycles. The zero-order valence-corrected chi connectivity index (χ0v) is 11.2. The zero-order chi connectivity index (χ0) is 12.7. The van der Waals surface area contributed by atoms with Gasteiger partial charge in [0, 0.05) is 13.2 Å². The molecule has 0 radical (unpaired) electrons. The van der Waals surface area contributed by atoms with Crippen LogP contribution in [0.1, 0.15) is 11.3 Å². The molecule has 4 nitrogen and oxygen atoms in total. The van der Waals surface area contributed by atoms with E-state index in [0.717, 1.165) is 21.5 Å². The summed E-state index contributed by atoms with van der Waals surface area (Å²) in [7, 11) is 1.92. The standard InChI is InChI=1S/C13H14N4S/c1-9-4-3-5-11-12(9)14-13(18)17(11)8-10-6-7-16(2)15-10/h3-7H,8H2,1-2H3,(H,14,18). The second-order valence-electron chi connectivity index (χ2n) is 4.47. The Balaban J connectivity index is 2.14. The van der Waals surface area contributed by atoms with Crippen molar-refractivity contribution < 1.29 is 0 Å². The van der Waals surface area contributed by atoms with Crippen molar-refractivity contribution in [3.63, 3.8) is 0 Å². The Labute approximate surface area is 110 Å². The lowest BCUT2D eigenvalue weighted by atomic mass is 10.2. The molecule has 0 fully saturated rings. The quantitative estimate of drug-likeness (QED) is 0.718. The summed E-state index contributed by atoms with van der Waals surface area (Å²) in [6.07, 6.45) is 1.94. The van der Waals surface area contributed by atoms with Crippen molar-refractivity contribution in [1.82, 2.24) is 19.3 Å². The third-order valence-electron chi connectivity index (χ3n) is 3.11. The van der Waals surface area contributed by atoms with Crippen molar-refractivity contribution in [2.75, 3.05) is 0 Å². The Kier molecular flexibility index (Phi) is 2.56. The monoisotopic (exact) mass is 258 g/mol. The predicted molar refractivity (Wildman–Crippen MR) is 74.2 cm³/mol. The molecule has 18 heavy (non-hydrogen) atoms. The van der Waals surface area contributed by atoms with Crippen LogP contribution in [0.15, 0.2) is 30.5 Å². The van der Waals surface area contributed by atoms with Gasteiger partial charge in [-0.3, -0.25) is 4.68 Å². The van der Waals surface area contributed by atoms with Gasteiger partial charge in [-0.1, -0.05) is 12.1 Å². The van der Waals surface area contributed by atoms with Crippen LogP contribution in [0.25, 0.3) is 11.0 Å². The minimum Gasteiger partial charge on any atom is -0.330 e. The number of aromatic amines is 1. The molecular weight excluding hydrogens is 244 g/mol. The molecule has 92 valence electrons. The summed E-state index contributed by atoms with van der Waals surface area (Å²) in [6.45, 7) is 2.78. The van der Waals surface area contributed by atoms with Gasteiger partial charge in [-0.25, -0.2) is 0 Å². The van der Waals surface area contributed by atoms with E-state index < -0.39 is 0 Å². The van der Waals surface area contributed by atoms with Gasteiger partial charge in [0.05, 0.1) is 23.3 Å². The first-order valence-corrected chi connectivity index (χ1v) is 6.22. The molecule has 2 heterocycles. The number of para-hydroxylation sites is 1. The molecule has 0 bridgehead atoms. The van der Waals surface area contributed by atoms with Crippen LogP contribution >= 0.6 is 12.2 Å². The molecule has 1 N–H and O–H groups in total. The Bertz CT molecular complexity index is 763. The van der Waals surface area contributed by atoms with Gasteiger partial charge in [-0.05, 0) is 36.8 Å². The average Bonchev–Trinajstić information content (AvgIpc) is 2.87. The van der Waals surface area contributed by atoms with Gasteiger partial charge in [0.15, 0.2) is 4.77 Å². The van der Waals surface area contributed by atoms with E-state index in [1.165, 1.54) is 5.56 Å². The highest BCUT2D eigenvalue weighted by molar-refractivity contribution is 7.71. The normalized spacial score (nSPS) is 11.2. The van der Waals surface area contributed by atoms with Gasteiger partial charge in [0.1, 0.15) is 0 Å². The number of hydrogen-bond acceptors (Lipinski definition) is 2. The molecule has 0 saturated carbocycles. The summed E-state index contributed by atoms with van der Waals surface area (Å²) in [5, 5.41) is 4.39. The van der Waals surface area contributed by atoms with E-state index >= 15 is 0 Å². The highest BCUT2D eigenvalue weighted by Crippen LogP contribution is 2.18. The summed E-state index contributed by atoms with van der Waals surface area (Å²) in [6, 6.07) is 8.22. The molecule has 2 aromatic heterocycles. The largest absolute Gasteiger partial charge is 0.330 e. The van der Waals surface area contributed by atoms with E-state index in [0.29, 0.717) is 6.54 Å².